The van der Waals surface area contributed by atoms with Crippen LogP contribution in [-0.4, -0.2) is 64.8 Å². The molecule has 1 fully saturated rings. The van der Waals surface area contributed by atoms with Crippen molar-refractivity contribution in [3.63, 3.8) is 0 Å². The fourth-order valence-electron chi connectivity index (χ4n) is 2.58. The molecule has 1 aliphatic rings. The van der Waals surface area contributed by atoms with Crippen LogP contribution in [0.2, 0.25) is 0 Å². The minimum Gasteiger partial charge on any atom is -0.341 e. The molecule has 0 aliphatic carbocycles. The second kappa shape index (κ2) is 8.17. The molecule has 0 bridgehead atoms. The van der Waals surface area contributed by atoms with Gasteiger partial charge >= 0.3 is 0 Å². The molecule has 1 aliphatic heterocycles. The van der Waals surface area contributed by atoms with Gasteiger partial charge in [-0.1, -0.05) is 0 Å². The summed E-state index contributed by atoms with van der Waals surface area (Å²) >= 11 is 1.68. The summed E-state index contributed by atoms with van der Waals surface area (Å²) in [7, 11) is 0. The molecule has 6 heteroatoms. The second-order valence-corrected chi connectivity index (χ2v) is 6.45. The first kappa shape index (κ1) is 16.8. The third kappa shape index (κ3) is 4.22. The van der Waals surface area contributed by atoms with Crippen molar-refractivity contribution in [1.29, 1.82) is 0 Å². The zero-order chi connectivity index (χ0) is 15.9. The predicted octanol–water partition coefficient (Wildman–Crippen LogP) is 1.82. The largest absolute Gasteiger partial charge is 0.341 e. The van der Waals surface area contributed by atoms with Gasteiger partial charge in [-0.05, 0) is 31.2 Å². The van der Waals surface area contributed by atoms with Crippen LogP contribution in [0.25, 0.3) is 0 Å². The minimum atomic E-state index is 0.0176. The number of pyridine rings is 1. The molecule has 0 atom stereocenters. The second-order valence-electron chi connectivity index (χ2n) is 5.46. The average molecular weight is 321 g/mol. The van der Waals surface area contributed by atoms with Gasteiger partial charge in [0.25, 0.3) is 5.91 Å². The minimum absolute atomic E-state index is 0.0176. The van der Waals surface area contributed by atoms with Crippen LogP contribution in [0.1, 0.15) is 28.8 Å². The molecule has 2 amide bonds. The standard InChI is InChI=1S/C16H23N3O2S/c1-13-4-6-17-12-14(13)16(21)19-8-3-7-18(9-10-19)15(20)5-11-22-2/h4,6,12H,3,5,7-11H2,1-2H3. The van der Waals surface area contributed by atoms with Crippen LogP contribution >= 0.6 is 11.8 Å². The number of aromatic nitrogens is 1. The molecule has 0 unspecified atom stereocenters. The molecule has 5 nitrogen and oxygen atoms in total. The van der Waals surface area contributed by atoms with Crippen molar-refractivity contribution >= 4 is 23.6 Å². The van der Waals surface area contributed by atoms with E-state index in [4.69, 9.17) is 0 Å². The summed E-state index contributed by atoms with van der Waals surface area (Å²) in [5.74, 6) is 1.07. The monoisotopic (exact) mass is 321 g/mol. The normalized spacial score (nSPS) is 15.5. The first-order valence-corrected chi connectivity index (χ1v) is 8.99. The van der Waals surface area contributed by atoms with Gasteiger partial charge in [-0.25, -0.2) is 0 Å². The molecule has 0 radical (unpaired) electrons. The SMILES string of the molecule is CSCCC(=O)N1CCCN(C(=O)c2cnccc2C)CC1. The maximum atomic E-state index is 12.6. The predicted molar refractivity (Wildman–Crippen MR) is 89.1 cm³/mol. The third-order valence-corrected chi connectivity index (χ3v) is 4.54. The lowest BCUT2D eigenvalue weighted by Gasteiger charge is -2.22. The van der Waals surface area contributed by atoms with E-state index >= 15 is 0 Å². The molecule has 0 N–H and O–H groups in total. The fourth-order valence-corrected chi connectivity index (χ4v) is 2.95. The Labute approximate surface area is 136 Å². The number of rotatable bonds is 4. The zero-order valence-electron chi connectivity index (χ0n) is 13.2. The van der Waals surface area contributed by atoms with E-state index in [1.165, 1.54) is 0 Å². The van der Waals surface area contributed by atoms with Crippen molar-refractivity contribution in [3.8, 4) is 0 Å². The molecule has 0 spiro atoms. The molecule has 0 aromatic carbocycles. The van der Waals surface area contributed by atoms with E-state index in [0.29, 0.717) is 31.6 Å². The first-order chi connectivity index (χ1) is 10.6. The van der Waals surface area contributed by atoms with Gasteiger partial charge in [0, 0.05) is 50.7 Å². The summed E-state index contributed by atoms with van der Waals surface area (Å²) in [4.78, 5) is 32.5. The molecule has 1 aromatic rings. The summed E-state index contributed by atoms with van der Waals surface area (Å²) < 4.78 is 0. The van der Waals surface area contributed by atoms with Crippen LogP contribution in [0, 0.1) is 6.92 Å². The summed E-state index contributed by atoms with van der Waals surface area (Å²) in [5.41, 5.74) is 1.60. The highest BCUT2D eigenvalue weighted by Gasteiger charge is 2.23. The van der Waals surface area contributed by atoms with Gasteiger partial charge in [0.1, 0.15) is 0 Å². The number of nitrogens with zero attached hydrogens (tertiary/aromatic N) is 3. The zero-order valence-corrected chi connectivity index (χ0v) is 14.1. The maximum Gasteiger partial charge on any atom is 0.255 e. The Balaban J connectivity index is 1.97. The molecule has 120 valence electrons. The Morgan fingerprint density at radius 3 is 2.68 bits per heavy atom. The van der Waals surface area contributed by atoms with E-state index in [-0.39, 0.29) is 11.8 Å². The highest BCUT2D eigenvalue weighted by Crippen LogP contribution is 2.13. The van der Waals surface area contributed by atoms with Crippen molar-refractivity contribution < 1.29 is 9.59 Å². The molecule has 2 rings (SSSR count). The number of carbonyl (C=O) groups excluding carboxylic acids is 2. The number of hydrogen-bond acceptors (Lipinski definition) is 4. The van der Waals surface area contributed by atoms with E-state index < -0.39 is 0 Å². The first-order valence-electron chi connectivity index (χ1n) is 7.60. The summed E-state index contributed by atoms with van der Waals surface area (Å²) in [6.07, 6.45) is 6.74. The lowest BCUT2D eigenvalue weighted by Crippen LogP contribution is -2.37. The van der Waals surface area contributed by atoms with Crippen molar-refractivity contribution in [2.75, 3.05) is 38.2 Å². The van der Waals surface area contributed by atoms with Crippen molar-refractivity contribution in [2.45, 2.75) is 19.8 Å². The Morgan fingerprint density at radius 1 is 1.23 bits per heavy atom. The van der Waals surface area contributed by atoms with Crippen LogP contribution in [0.4, 0.5) is 0 Å². The van der Waals surface area contributed by atoms with Gasteiger partial charge < -0.3 is 9.80 Å². The highest BCUT2D eigenvalue weighted by molar-refractivity contribution is 7.98. The van der Waals surface area contributed by atoms with Crippen molar-refractivity contribution in [3.05, 3.63) is 29.6 Å². The lowest BCUT2D eigenvalue weighted by molar-refractivity contribution is -0.130. The Morgan fingerprint density at radius 2 is 1.95 bits per heavy atom. The van der Waals surface area contributed by atoms with E-state index in [0.717, 1.165) is 24.3 Å². The van der Waals surface area contributed by atoms with Crippen LogP contribution < -0.4 is 0 Å². The molecule has 0 saturated carbocycles. The number of aryl methyl sites for hydroxylation is 1. The Kier molecular flexibility index (Phi) is 6.24. The lowest BCUT2D eigenvalue weighted by atomic mass is 10.1. The molecule has 22 heavy (non-hydrogen) atoms. The average Bonchev–Trinajstić information content (AvgIpc) is 2.78. The van der Waals surface area contributed by atoms with Crippen LogP contribution in [0.3, 0.4) is 0 Å². The summed E-state index contributed by atoms with van der Waals surface area (Å²) in [6, 6.07) is 1.85. The third-order valence-electron chi connectivity index (χ3n) is 3.93. The Hall–Kier alpha value is -1.56. The van der Waals surface area contributed by atoms with E-state index in [2.05, 4.69) is 4.98 Å². The van der Waals surface area contributed by atoms with Gasteiger partial charge in [-0.15, -0.1) is 0 Å². The van der Waals surface area contributed by atoms with Gasteiger partial charge in [0.15, 0.2) is 0 Å². The summed E-state index contributed by atoms with van der Waals surface area (Å²) in [5, 5.41) is 0. The van der Waals surface area contributed by atoms with Crippen molar-refractivity contribution in [1.82, 2.24) is 14.8 Å². The van der Waals surface area contributed by atoms with Gasteiger partial charge in [0.2, 0.25) is 5.91 Å². The van der Waals surface area contributed by atoms with Gasteiger partial charge in [0.05, 0.1) is 5.56 Å². The number of carbonyl (C=O) groups is 2. The van der Waals surface area contributed by atoms with Crippen LogP contribution in [0.5, 0.6) is 0 Å². The van der Waals surface area contributed by atoms with Crippen LogP contribution in [0.15, 0.2) is 18.5 Å². The molecule has 2 heterocycles. The van der Waals surface area contributed by atoms with Crippen LogP contribution in [-0.2, 0) is 4.79 Å². The number of thioether (sulfide) groups is 1. The highest BCUT2D eigenvalue weighted by atomic mass is 32.2. The summed E-state index contributed by atoms with van der Waals surface area (Å²) in [6.45, 7) is 4.57. The molecule has 1 aromatic heterocycles. The fraction of sp³-hybridized carbons (Fsp3) is 0.562. The molecular weight excluding hydrogens is 298 g/mol. The molecular formula is C16H23N3O2S. The van der Waals surface area contributed by atoms with Crippen molar-refractivity contribution in [2.24, 2.45) is 0 Å². The topological polar surface area (TPSA) is 53.5 Å². The van der Waals surface area contributed by atoms with E-state index in [1.54, 1.807) is 24.2 Å². The number of amides is 2. The molecule has 1 saturated heterocycles. The Bertz CT molecular complexity index is 536. The smallest absolute Gasteiger partial charge is 0.255 e. The van der Waals surface area contributed by atoms with E-state index in [1.807, 2.05) is 29.0 Å². The quantitative estimate of drug-likeness (QED) is 0.849. The van der Waals surface area contributed by atoms with Gasteiger partial charge in [-0.2, -0.15) is 11.8 Å². The number of hydrogen-bond donors (Lipinski definition) is 0. The van der Waals surface area contributed by atoms with Gasteiger partial charge in [-0.3, -0.25) is 14.6 Å². The maximum absolute atomic E-state index is 12.6. The van der Waals surface area contributed by atoms with E-state index in [9.17, 15) is 9.59 Å².